The summed E-state index contributed by atoms with van der Waals surface area (Å²) in [5.41, 5.74) is 7.06. The van der Waals surface area contributed by atoms with E-state index in [0.29, 0.717) is 0 Å². The molecule has 4 aromatic carbocycles. The summed E-state index contributed by atoms with van der Waals surface area (Å²) in [6, 6.07) is 28.5. The third-order valence-electron chi connectivity index (χ3n) is 8.69. The second-order valence-corrected chi connectivity index (χ2v) is 13.1. The second kappa shape index (κ2) is 9.69. The highest BCUT2D eigenvalue weighted by molar-refractivity contribution is 6.06. The number of hydrogen-bond donors (Lipinski definition) is 0. The molecule has 2 aliphatic rings. The van der Waals surface area contributed by atoms with Crippen LogP contribution in [0.4, 0.5) is 17.1 Å². The summed E-state index contributed by atoms with van der Waals surface area (Å²) in [4.78, 5) is 9.93. The molecule has 40 heavy (non-hydrogen) atoms. The number of fused-ring (bicyclic) bond motifs is 5. The van der Waals surface area contributed by atoms with E-state index in [0.717, 1.165) is 29.9 Å². The number of anilines is 2. The first-order chi connectivity index (χ1) is 19.1. The van der Waals surface area contributed by atoms with Gasteiger partial charge in [0.25, 0.3) is 0 Å². The molecule has 0 saturated carbocycles. The topological polar surface area (TPSA) is 28.1 Å². The van der Waals surface area contributed by atoms with Gasteiger partial charge >= 0.3 is 0 Å². The van der Waals surface area contributed by atoms with Crippen LogP contribution in [0.15, 0.2) is 83.9 Å². The molecule has 4 nitrogen and oxygen atoms in total. The molecule has 0 saturated heterocycles. The quantitative estimate of drug-likeness (QED) is 0.263. The number of ether oxygens (including phenoxy) is 1. The first kappa shape index (κ1) is 26.4. The van der Waals surface area contributed by atoms with Crippen LogP contribution in [0.25, 0.3) is 21.9 Å². The highest BCUT2D eigenvalue weighted by Gasteiger charge is 2.48. The Labute approximate surface area is 239 Å². The Bertz CT molecular complexity index is 1580. The maximum atomic E-state index is 7.15. The molecule has 0 bridgehead atoms. The van der Waals surface area contributed by atoms with E-state index in [1.807, 2.05) is 0 Å². The van der Waals surface area contributed by atoms with E-state index >= 15 is 0 Å². The molecule has 0 aromatic heterocycles. The Balaban J connectivity index is 1.52. The van der Waals surface area contributed by atoms with Gasteiger partial charge in [-0.05, 0) is 58.7 Å². The van der Waals surface area contributed by atoms with Crippen LogP contribution in [0.1, 0.15) is 47.1 Å². The zero-order valence-electron chi connectivity index (χ0n) is 24.9. The SMILES string of the molecule is CCN(C)c1ccc(-c2cc3c(c4ccccc24)N=CC2C(O3)N(CC(C)(C)C)c3ccccc3C2(C)C)cc1. The van der Waals surface area contributed by atoms with Crippen molar-refractivity contribution in [3.8, 4) is 16.9 Å². The maximum absolute atomic E-state index is 7.15. The Hall–Kier alpha value is -3.79. The van der Waals surface area contributed by atoms with Crippen molar-refractivity contribution in [1.82, 2.24) is 0 Å². The first-order valence-electron chi connectivity index (χ1n) is 14.5. The highest BCUT2D eigenvalue weighted by Crippen LogP contribution is 2.51. The fraction of sp³-hybridized carbons (Fsp3) is 0.361. The molecule has 2 unspecified atom stereocenters. The lowest BCUT2D eigenvalue weighted by atomic mass is 9.69. The fourth-order valence-corrected chi connectivity index (χ4v) is 6.38. The van der Waals surface area contributed by atoms with E-state index in [1.54, 1.807) is 0 Å². The molecule has 0 spiro atoms. The molecular weight excluding hydrogens is 490 g/mol. The molecule has 0 N–H and O–H groups in total. The standard InChI is InChI=1S/C36H41N3O/c1-8-38(7)25-19-17-24(18-20-25)28-21-32-33(27-14-10-9-13-26(27)28)37-22-30-34(40-32)39(23-35(2,3)4)31-16-12-11-15-29(31)36(30,5)6/h9-22,30,34H,8,23H2,1-7H3. The summed E-state index contributed by atoms with van der Waals surface area (Å²) < 4.78 is 7.15. The minimum absolute atomic E-state index is 0.0863. The van der Waals surface area contributed by atoms with Crippen molar-refractivity contribution in [2.45, 2.75) is 53.2 Å². The lowest BCUT2D eigenvalue weighted by Gasteiger charge is -2.50. The van der Waals surface area contributed by atoms with Crippen molar-refractivity contribution in [1.29, 1.82) is 0 Å². The van der Waals surface area contributed by atoms with E-state index in [-0.39, 0.29) is 23.0 Å². The van der Waals surface area contributed by atoms with Crippen molar-refractivity contribution in [2.75, 3.05) is 29.9 Å². The number of nitrogens with zero attached hydrogens (tertiary/aromatic N) is 3. The lowest BCUT2D eigenvalue weighted by Crippen LogP contribution is -2.57. The van der Waals surface area contributed by atoms with Crippen LogP contribution in [-0.2, 0) is 5.41 Å². The van der Waals surface area contributed by atoms with Crippen LogP contribution in [0, 0.1) is 11.3 Å². The van der Waals surface area contributed by atoms with Crippen LogP contribution in [-0.4, -0.2) is 32.6 Å². The Morgan fingerprint density at radius 3 is 2.30 bits per heavy atom. The third-order valence-corrected chi connectivity index (χ3v) is 8.69. The molecule has 4 heteroatoms. The summed E-state index contributed by atoms with van der Waals surface area (Å²) in [5.74, 6) is 0.935. The molecular formula is C36H41N3O. The van der Waals surface area contributed by atoms with Crippen molar-refractivity contribution in [3.63, 3.8) is 0 Å². The van der Waals surface area contributed by atoms with E-state index in [9.17, 15) is 0 Å². The molecule has 6 rings (SSSR count). The molecule has 0 fully saturated rings. The summed E-state index contributed by atoms with van der Waals surface area (Å²) >= 11 is 0. The molecule has 0 amide bonds. The van der Waals surface area contributed by atoms with Gasteiger partial charge in [-0.1, -0.05) is 89.2 Å². The minimum atomic E-state index is -0.163. The number of rotatable bonds is 4. The summed E-state index contributed by atoms with van der Waals surface area (Å²) in [5, 5.41) is 2.31. The highest BCUT2D eigenvalue weighted by atomic mass is 16.5. The average Bonchev–Trinajstić information content (AvgIpc) is 3.15. The van der Waals surface area contributed by atoms with Crippen LogP contribution in [0.5, 0.6) is 5.75 Å². The number of hydrogen-bond acceptors (Lipinski definition) is 4. The van der Waals surface area contributed by atoms with Gasteiger partial charge in [-0.25, -0.2) is 0 Å². The molecule has 0 radical (unpaired) electrons. The molecule has 206 valence electrons. The van der Waals surface area contributed by atoms with Gasteiger partial charge in [-0.3, -0.25) is 4.99 Å². The minimum Gasteiger partial charge on any atom is -0.467 e. The lowest BCUT2D eigenvalue weighted by molar-refractivity contribution is 0.110. The number of para-hydroxylation sites is 1. The van der Waals surface area contributed by atoms with Gasteiger partial charge in [0.1, 0.15) is 11.4 Å². The zero-order valence-corrected chi connectivity index (χ0v) is 24.9. The molecule has 2 atom stereocenters. The van der Waals surface area contributed by atoms with Crippen molar-refractivity contribution in [3.05, 3.63) is 84.4 Å². The first-order valence-corrected chi connectivity index (χ1v) is 14.5. The Morgan fingerprint density at radius 1 is 0.925 bits per heavy atom. The predicted octanol–water partition coefficient (Wildman–Crippen LogP) is 8.84. The Morgan fingerprint density at radius 2 is 1.60 bits per heavy atom. The maximum Gasteiger partial charge on any atom is 0.181 e. The van der Waals surface area contributed by atoms with E-state index in [4.69, 9.17) is 9.73 Å². The fourth-order valence-electron chi connectivity index (χ4n) is 6.38. The van der Waals surface area contributed by atoms with Gasteiger partial charge in [-0.15, -0.1) is 0 Å². The zero-order chi connectivity index (χ0) is 28.2. The molecule has 2 heterocycles. The predicted molar refractivity (Wildman–Crippen MR) is 171 cm³/mol. The van der Waals surface area contributed by atoms with Gasteiger partial charge in [0.05, 0.1) is 5.92 Å². The third kappa shape index (κ3) is 4.44. The average molecular weight is 532 g/mol. The van der Waals surface area contributed by atoms with E-state index < -0.39 is 0 Å². The van der Waals surface area contributed by atoms with Crippen LogP contribution in [0.3, 0.4) is 0 Å². The van der Waals surface area contributed by atoms with Gasteiger partial charge in [0, 0.05) is 48.5 Å². The van der Waals surface area contributed by atoms with Gasteiger partial charge in [-0.2, -0.15) is 0 Å². The normalized spacial score (nSPS) is 19.3. The smallest absolute Gasteiger partial charge is 0.181 e. The molecule has 0 aliphatic carbocycles. The summed E-state index contributed by atoms with van der Waals surface area (Å²) in [7, 11) is 2.13. The largest absolute Gasteiger partial charge is 0.467 e. The second-order valence-electron chi connectivity index (χ2n) is 13.1. The summed E-state index contributed by atoms with van der Waals surface area (Å²) in [6.45, 7) is 15.6. The van der Waals surface area contributed by atoms with E-state index in [1.165, 1.54) is 33.5 Å². The summed E-state index contributed by atoms with van der Waals surface area (Å²) in [6.07, 6.45) is 2.01. The van der Waals surface area contributed by atoms with Gasteiger partial charge < -0.3 is 14.5 Å². The van der Waals surface area contributed by atoms with Gasteiger partial charge in [0.2, 0.25) is 0 Å². The number of aliphatic imine (C=N–C) groups is 1. The van der Waals surface area contributed by atoms with Crippen molar-refractivity contribution < 1.29 is 4.74 Å². The van der Waals surface area contributed by atoms with Crippen molar-refractivity contribution in [2.24, 2.45) is 16.3 Å². The van der Waals surface area contributed by atoms with Crippen LogP contribution >= 0.6 is 0 Å². The number of benzene rings is 4. The molecule has 2 aliphatic heterocycles. The van der Waals surface area contributed by atoms with E-state index in [2.05, 4.69) is 143 Å². The monoisotopic (exact) mass is 531 g/mol. The van der Waals surface area contributed by atoms with Crippen molar-refractivity contribution >= 4 is 34.0 Å². The Kier molecular flexibility index (Phi) is 6.40. The van der Waals surface area contributed by atoms with Crippen LogP contribution in [0.2, 0.25) is 0 Å². The van der Waals surface area contributed by atoms with Gasteiger partial charge in [0.15, 0.2) is 6.23 Å². The molecule has 4 aromatic rings. The van der Waals surface area contributed by atoms with Crippen LogP contribution < -0.4 is 14.5 Å².